The van der Waals surface area contributed by atoms with Gasteiger partial charge in [0.15, 0.2) is 4.34 Å². The number of fused-ring (bicyclic) bond motifs is 1. The molecule has 0 N–H and O–H groups in total. The average Bonchev–Trinajstić information content (AvgIpc) is 2.72. The summed E-state index contributed by atoms with van der Waals surface area (Å²) in [5.74, 6) is -0.585. The minimum Gasteiger partial charge on any atom is -0.465 e. The van der Waals surface area contributed by atoms with Gasteiger partial charge >= 0.3 is 5.97 Å². The second kappa shape index (κ2) is 5.37. The van der Waals surface area contributed by atoms with Crippen LogP contribution < -0.4 is 0 Å². The summed E-state index contributed by atoms with van der Waals surface area (Å²) in [7, 11) is -1.41. The zero-order valence-electron chi connectivity index (χ0n) is 9.21. The van der Waals surface area contributed by atoms with Crippen molar-refractivity contribution in [2.24, 2.45) is 0 Å². The number of hydrogen-bond acceptors (Lipinski definition) is 5. The van der Waals surface area contributed by atoms with E-state index < -0.39 is 16.8 Å². The topological polar surface area (TPSA) is 56.3 Å². The van der Waals surface area contributed by atoms with Gasteiger partial charge in [-0.25, -0.2) is 4.98 Å². The molecule has 1 aromatic carbocycles. The lowest BCUT2D eigenvalue weighted by Gasteiger charge is -1.98. The Balaban J connectivity index is 2.16. The molecule has 0 saturated carbocycles. The molecule has 0 aliphatic carbocycles. The van der Waals surface area contributed by atoms with Crippen LogP contribution in [0.2, 0.25) is 0 Å². The van der Waals surface area contributed by atoms with Gasteiger partial charge < -0.3 is 4.74 Å². The van der Waals surface area contributed by atoms with Crippen LogP contribution in [-0.2, 0) is 20.3 Å². The fourth-order valence-corrected chi connectivity index (χ4v) is 3.46. The Labute approximate surface area is 105 Å². The van der Waals surface area contributed by atoms with Crippen molar-refractivity contribution in [1.29, 1.82) is 0 Å². The molecule has 1 aromatic heterocycles. The Morgan fingerprint density at radius 1 is 1.47 bits per heavy atom. The second-order valence-corrected chi connectivity index (χ2v) is 5.90. The fourth-order valence-electron chi connectivity index (χ4n) is 1.32. The molecule has 6 heteroatoms. The third-order valence-corrected chi connectivity index (χ3v) is 4.64. The average molecular weight is 269 g/mol. The number of carbonyl (C=O) groups excluding carboxylic acids is 1. The maximum absolute atomic E-state index is 11.9. The highest BCUT2D eigenvalue weighted by molar-refractivity contribution is 7.88. The van der Waals surface area contributed by atoms with E-state index in [1.165, 1.54) is 11.3 Å². The number of para-hydroxylation sites is 1. The Kier molecular flexibility index (Phi) is 3.86. The SMILES string of the molecule is CCOC(=O)CS(=O)c1nc2ccccc2s1. The van der Waals surface area contributed by atoms with E-state index in [1.54, 1.807) is 6.92 Å². The number of carbonyl (C=O) groups is 1. The fraction of sp³-hybridized carbons (Fsp3) is 0.273. The van der Waals surface area contributed by atoms with Crippen molar-refractivity contribution in [2.75, 3.05) is 12.4 Å². The highest BCUT2D eigenvalue weighted by Gasteiger charge is 2.15. The molecular formula is C11H11NO3S2. The van der Waals surface area contributed by atoms with E-state index in [1.807, 2.05) is 24.3 Å². The normalized spacial score (nSPS) is 12.5. The number of benzene rings is 1. The van der Waals surface area contributed by atoms with E-state index in [0.29, 0.717) is 10.9 Å². The van der Waals surface area contributed by atoms with Crippen LogP contribution in [0, 0.1) is 0 Å². The summed E-state index contributed by atoms with van der Waals surface area (Å²) in [6.45, 7) is 2.02. The van der Waals surface area contributed by atoms with Crippen molar-refractivity contribution in [3.05, 3.63) is 24.3 Å². The van der Waals surface area contributed by atoms with E-state index in [4.69, 9.17) is 4.74 Å². The van der Waals surface area contributed by atoms with Gasteiger partial charge in [-0.1, -0.05) is 12.1 Å². The summed E-state index contributed by atoms with van der Waals surface area (Å²) in [5, 5.41) is 0. The van der Waals surface area contributed by atoms with Crippen LogP contribution >= 0.6 is 11.3 Å². The quantitative estimate of drug-likeness (QED) is 0.796. The lowest BCUT2D eigenvalue weighted by Crippen LogP contribution is -2.13. The summed E-state index contributed by atoms with van der Waals surface area (Å²) >= 11 is 1.35. The van der Waals surface area contributed by atoms with Gasteiger partial charge in [-0.2, -0.15) is 0 Å². The maximum Gasteiger partial charge on any atom is 0.319 e. The maximum atomic E-state index is 11.9. The van der Waals surface area contributed by atoms with Crippen molar-refractivity contribution in [3.63, 3.8) is 0 Å². The summed E-state index contributed by atoms with van der Waals surface area (Å²) in [6.07, 6.45) is 0. The number of ether oxygens (including phenoxy) is 1. The first-order valence-corrected chi connectivity index (χ1v) is 7.24. The zero-order chi connectivity index (χ0) is 12.3. The molecule has 90 valence electrons. The molecule has 0 aliphatic rings. The number of rotatable bonds is 4. The Morgan fingerprint density at radius 3 is 2.94 bits per heavy atom. The smallest absolute Gasteiger partial charge is 0.319 e. The molecule has 0 fully saturated rings. The first kappa shape index (κ1) is 12.2. The van der Waals surface area contributed by atoms with Crippen LogP contribution in [0.5, 0.6) is 0 Å². The predicted molar refractivity (Wildman–Crippen MR) is 67.5 cm³/mol. The largest absolute Gasteiger partial charge is 0.465 e. The molecule has 1 heterocycles. The summed E-state index contributed by atoms with van der Waals surface area (Å²) in [5.41, 5.74) is 0.810. The van der Waals surface area contributed by atoms with E-state index in [2.05, 4.69) is 4.98 Å². The van der Waals surface area contributed by atoms with Crippen molar-refractivity contribution in [2.45, 2.75) is 11.3 Å². The number of thiazole rings is 1. The van der Waals surface area contributed by atoms with Gasteiger partial charge in [0.25, 0.3) is 0 Å². The molecule has 1 unspecified atom stereocenters. The molecule has 17 heavy (non-hydrogen) atoms. The Morgan fingerprint density at radius 2 is 2.24 bits per heavy atom. The summed E-state index contributed by atoms with van der Waals surface area (Å²) < 4.78 is 18.1. The summed E-state index contributed by atoms with van der Waals surface area (Å²) in [6, 6.07) is 7.55. The van der Waals surface area contributed by atoms with E-state index in [9.17, 15) is 9.00 Å². The highest BCUT2D eigenvalue weighted by atomic mass is 32.2. The van der Waals surface area contributed by atoms with Crippen LogP contribution in [0.25, 0.3) is 10.2 Å². The number of hydrogen-bond donors (Lipinski definition) is 0. The van der Waals surface area contributed by atoms with Gasteiger partial charge in [0.1, 0.15) is 5.75 Å². The minimum absolute atomic E-state index is 0.131. The van der Waals surface area contributed by atoms with Gasteiger partial charge in [0, 0.05) is 0 Å². The van der Waals surface area contributed by atoms with Gasteiger partial charge in [0.05, 0.1) is 27.6 Å². The third-order valence-electron chi connectivity index (χ3n) is 2.02. The van der Waals surface area contributed by atoms with E-state index >= 15 is 0 Å². The molecule has 2 rings (SSSR count). The van der Waals surface area contributed by atoms with Crippen LogP contribution in [0.4, 0.5) is 0 Å². The summed E-state index contributed by atoms with van der Waals surface area (Å²) in [4.78, 5) is 15.4. The van der Waals surface area contributed by atoms with Gasteiger partial charge in [-0.3, -0.25) is 9.00 Å². The third kappa shape index (κ3) is 2.89. The minimum atomic E-state index is -1.41. The molecule has 4 nitrogen and oxygen atoms in total. The molecule has 0 radical (unpaired) electrons. The number of esters is 1. The molecule has 0 saturated heterocycles. The van der Waals surface area contributed by atoms with Gasteiger partial charge in [0.2, 0.25) is 0 Å². The van der Waals surface area contributed by atoms with Gasteiger partial charge in [-0.05, 0) is 19.1 Å². The standard InChI is InChI=1S/C11H11NO3S2/c1-2-15-10(13)7-17(14)11-12-8-5-3-4-6-9(8)16-11/h3-6H,2,7H2,1H3. The Bertz CT molecular complexity index is 532. The molecule has 0 aliphatic heterocycles. The lowest BCUT2D eigenvalue weighted by molar-refractivity contribution is -0.139. The van der Waals surface area contributed by atoms with E-state index in [-0.39, 0.29) is 5.75 Å². The van der Waals surface area contributed by atoms with Crippen molar-refractivity contribution >= 4 is 38.3 Å². The van der Waals surface area contributed by atoms with Crippen LogP contribution in [0.15, 0.2) is 28.6 Å². The van der Waals surface area contributed by atoms with Crippen molar-refractivity contribution < 1.29 is 13.7 Å². The number of nitrogens with zero attached hydrogens (tertiary/aromatic N) is 1. The molecule has 0 amide bonds. The van der Waals surface area contributed by atoms with Gasteiger partial charge in [-0.15, -0.1) is 11.3 Å². The Hall–Kier alpha value is -1.27. The van der Waals surface area contributed by atoms with Crippen molar-refractivity contribution in [3.8, 4) is 0 Å². The lowest BCUT2D eigenvalue weighted by atomic mass is 10.3. The second-order valence-electron chi connectivity index (χ2n) is 3.24. The molecule has 0 bridgehead atoms. The predicted octanol–water partition coefficient (Wildman–Crippen LogP) is 1.97. The molecular weight excluding hydrogens is 258 g/mol. The first-order chi connectivity index (χ1) is 8.20. The van der Waals surface area contributed by atoms with Crippen LogP contribution in [0.3, 0.4) is 0 Å². The zero-order valence-corrected chi connectivity index (χ0v) is 10.8. The number of aromatic nitrogens is 1. The molecule has 2 aromatic rings. The monoisotopic (exact) mass is 269 g/mol. The van der Waals surface area contributed by atoms with Crippen molar-refractivity contribution in [1.82, 2.24) is 4.98 Å². The first-order valence-electron chi connectivity index (χ1n) is 5.10. The van der Waals surface area contributed by atoms with E-state index in [0.717, 1.165) is 10.2 Å². The molecule has 1 atom stereocenters. The molecule has 0 spiro atoms. The van der Waals surface area contributed by atoms with Crippen LogP contribution in [0.1, 0.15) is 6.92 Å². The highest BCUT2D eigenvalue weighted by Crippen LogP contribution is 2.23. The van der Waals surface area contributed by atoms with Crippen LogP contribution in [-0.4, -0.2) is 27.5 Å².